The number of hydrogen-bond donors (Lipinski definition) is 22. The zero-order chi connectivity index (χ0) is 81.7. The number of aromatic amines is 1. The third kappa shape index (κ3) is 37.3. The van der Waals surface area contributed by atoms with Crippen LogP contribution in [0, 0.1) is 29.6 Å². The topological polar surface area (TPSA) is 659 Å². The van der Waals surface area contributed by atoms with E-state index in [9.17, 15) is 96.8 Å². The van der Waals surface area contributed by atoms with Gasteiger partial charge in [-0.05, 0) is 95.3 Å². The Kier molecular flexibility index (Phi) is 42.1. The van der Waals surface area contributed by atoms with E-state index >= 15 is 0 Å². The lowest BCUT2D eigenvalue weighted by Gasteiger charge is -2.29. The third-order valence-electron chi connectivity index (χ3n) is 15.9. The number of nitrogens with zero attached hydrogens (tertiary/aromatic N) is 2. The first-order valence-electron chi connectivity index (χ1n) is 35.1. The van der Waals surface area contributed by atoms with E-state index in [0.717, 1.165) is 0 Å². The van der Waals surface area contributed by atoms with Crippen molar-refractivity contribution in [3.63, 3.8) is 0 Å². The number of carbonyl (C=O) groups excluding carboxylic acids is 14. The molecule has 0 aliphatic rings. The van der Waals surface area contributed by atoms with Gasteiger partial charge in [0.05, 0.1) is 19.5 Å². The summed E-state index contributed by atoms with van der Waals surface area (Å²) in [7, 11) is 0. The van der Waals surface area contributed by atoms with Gasteiger partial charge in [0.25, 0.3) is 0 Å². The maximum Gasteiger partial charge on any atom is 0.322 e. The molecule has 13 atom stereocenters. The van der Waals surface area contributed by atoms with Gasteiger partial charge in [0, 0.05) is 37.7 Å². The predicted octanol–water partition coefficient (Wildman–Crippen LogP) is -6.30. The molecule has 0 radical (unpaired) electrons. The van der Waals surface area contributed by atoms with Crippen LogP contribution in [-0.2, 0) is 87.9 Å². The molecule has 0 aromatic carbocycles. The molecular weight excluding hydrogens is 1410 g/mol. The molecule has 41 nitrogen and oxygen atoms in total. The molecule has 1 aromatic heterocycles. The summed E-state index contributed by atoms with van der Waals surface area (Å²) in [5.74, 6) is -19.3. The maximum atomic E-state index is 14.1. The average molecular weight is 1520 g/mol. The van der Waals surface area contributed by atoms with Crippen molar-refractivity contribution in [1.29, 1.82) is 0 Å². The second kappa shape index (κ2) is 47.8. The van der Waals surface area contributed by atoms with Crippen LogP contribution in [0.25, 0.3) is 0 Å². The van der Waals surface area contributed by atoms with E-state index in [-0.39, 0.29) is 68.8 Å². The molecule has 0 unspecified atom stereocenters. The van der Waals surface area contributed by atoms with Crippen LogP contribution in [0.15, 0.2) is 17.5 Å². The third-order valence-corrected chi connectivity index (χ3v) is 15.9. The first-order valence-corrected chi connectivity index (χ1v) is 35.1. The van der Waals surface area contributed by atoms with Gasteiger partial charge in [0.15, 0.2) is 5.96 Å². The van der Waals surface area contributed by atoms with Gasteiger partial charge in [0.1, 0.15) is 85.1 Å². The lowest BCUT2D eigenvalue weighted by molar-refractivity contribution is -0.139. The lowest BCUT2D eigenvalue weighted by atomic mass is 9.98. The van der Waals surface area contributed by atoms with E-state index in [1.165, 1.54) is 33.3 Å². The Morgan fingerprint density at radius 1 is 0.421 bits per heavy atom. The number of amides is 14. The van der Waals surface area contributed by atoms with Crippen molar-refractivity contribution < 1.29 is 102 Å². The number of guanidine groups is 1. The molecule has 0 aliphatic carbocycles. The highest BCUT2D eigenvalue weighted by molar-refractivity contribution is 6.00. The van der Waals surface area contributed by atoms with Crippen LogP contribution >= 0.6 is 0 Å². The Morgan fingerprint density at radius 2 is 0.785 bits per heavy atom. The van der Waals surface area contributed by atoms with Crippen LogP contribution in [-0.4, -0.2) is 242 Å². The molecule has 107 heavy (non-hydrogen) atoms. The summed E-state index contributed by atoms with van der Waals surface area (Å²) in [6, 6.07) is -18.3. The Hall–Kier alpha value is -10.6. The number of imidazole rings is 1. The van der Waals surface area contributed by atoms with Gasteiger partial charge >= 0.3 is 17.9 Å². The molecule has 41 heteroatoms. The number of aliphatic imine (C=N–C) groups is 1. The first kappa shape index (κ1) is 94.4. The molecule has 0 bridgehead atoms. The highest BCUT2D eigenvalue weighted by atomic mass is 16.4. The number of nitrogens with one attached hydrogen (secondary N) is 15. The van der Waals surface area contributed by atoms with Crippen molar-refractivity contribution in [3.8, 4) is 0 Å². The number of carboxylic acid groups (broad SMARTS) is 3. The number of rotatable bonds is 50. The Labute approximate surface area is 619 Å². The summed E-state index contributed by atoms with van der Waals surface area (Å²) in [5.41, 5.74) is 16.8. The minimum absolute atomic E-state index is 0.00269. The Morgan fingerprint density at radius 3 is 1.21 bits per heavy atom. The fourth-order valence-corrected chi connectivity index (χ4v) is 10.1. The highest BCUT2D eigenvalue weighted by Crippen LogP contribution is 2.14. The number of nitrogens with two attached hydrogens (primary N) is 3. The van der Waals surface area contributed by atoms with E-state index in [4.69, 9.17) is 22.3 Å². The summed E-state index contributed by atoms with van der Waals surface area (Å²) in [5, 5.41) is 71.8. The molecule has 0 fully saturated rings. The zero-order valence-electron chi connectivity index (χ0n) is 62.8. The van der Waals surface area contributed by atoms with Gasteiger partial charge in [-0.25, -0.2) is 4.98 Å². The van der Waals surface area contributed by atoms with Crippen LogP contribution in [0.2, 0.25) is 0 Å². The van der Waals surface area contributed by atoms with Crippen molar-refractivity contribution in [2.75, 3.05) is 26.2 Å². The average Bonchev–Trinajstić information content (AvgIpc) is 1.79. The SMILES string of the molecule is CC(C)C[C@H](NC(=O)[C@H](C)NC(=O)[C@H](CCC(=O)O)NC(=O)[C@@H](NC(=O)[C@H](CC(C)C)NC(=O)[C@H](Cc1cnc[nH]1)NC(=O)[C@@H](N)CO)C(C)C)C(=O)N[C@@H](C)C(=O)N[C@@H](CC(C)C)C(=O)N[C@H](C(=O)N[C@@H](C)C(=O)NCC(=O)N[C@@H](CCC(=O)O)C(=O)N[C@@H](CCCN=C(N)N)C(=O)NCC(=O)O)C(C)C. The number of aliphatic hydroxyl groups excluding tert-OH is 1. The van der Waals surface area contributed by atoms with E-state index in [1.54, 1.807) is 69.2 Å². The van der Waals surface area contributed by atoms with E-state index in [1.807, 2.05) is 0 Å². The molecule has 0 saturated carbocycles. The molecule has 0 saturated heterocycles. The normalized spacial score (nSPS) is 14.8. The fourth-order valence-electron chi connectivity index (χ4n) is 10.1. The number of H-pyrrole nitrogens is 1. The van der Waals surface area contributed by atoms with Gasteiger partial charge in [-0.3, -0.25) is 86.5 Å². The second-order valence-corrected chi connectivity index (χ2v) is 27.7. The predicted molar refractivity (Wildman–Crippen MR) is 383 cm³/mol. The number of hydrogen-bond acceptors (Lipinski definition) is 21. The summed E-state index contributed by atoms with van der Waals surface area (Å²) in [4.78, 5) is 236. The molecule has 14 amide bonds. The van der Waals surface area contributed by atoms with Crippen molar-refractivity contribution in [1.82, 2.24) is 84.4 Å². The molecule has 1 aromatic rings. The van der Waals surface area contributed by atoms with Crippen LogP contribution < -0.4 is 91.6 Å². The number of carboxylic acids is 3. The zero-order valence-corrected chi connectivity index (χ0v) is 62.8. The van der Waals surface area contributed by atoms with E-state index in [0.29, 0.717) is 5.69 Å². The minimum atomic E-state index is -1.63. The summed E-state index contributed by atoms with van der Waals surface area (Å²) in [6.07, 6.45) is 0.311. The monoisotopic (exact) mass is 1520 g/mol. The number of aromatic nitrogens is 2. The van der Waals surface area contributed by atoms with Gasteiger partial charge in [-0.2, -0.15) is 0 Å². The van der Waals surface area contributed by atoms with Crippen molar-refractivity contribution in [2.45, 2.75) is 233 Å². The molecular formula is C66H112N20O21. The van der Waals surface area contributed by atoms with Crippen LogP contribution in [0.4, 0.5) is 0 Å². The molecule has 0 spiro atoms. The number of aliphatic hydroxyl groups is 1. The number of carbonyl (C=O) groups is 17. The molecule has 1 rings (SSSR count). The van der Waals surface area contributed by atoms with Gasteiger partial charge in [-0.15, -0.1) is 0 Å². The fraction of sp³-hybridized carbons (Fsp3) is 0.682. The number of aliphatic carboxylic acids is 3. The summed E-state index contributed by atoms with van der Waals surface area (Å²) in [6.45, 7) is 18.1. The standard InChI is InChI=1S/C66H112N20O21/c1-30(2)21-43(81-54(96)36(12)75-58(100)42(17-19-49(91)92)80-65(107)52(34(9)10)86-63(105)45(23-32(5)6)84-61(103)46(24-38-25-70-29-74-38)83-56(98)39(67)28-87)60(102)76-37(13)55(97)82-44(22-31(3)4)62(104)85-51(33(7)8)64(106)77-35(11)53(95)72-26-47(88)78-41(16-18-48(89)90)59(101)79-40(15-14-20-71-66(68)69)57(99)73-27-50(93)94/h25,29-37,39-46,51-52,87H,14-24,26-28,67H2,1-13H3,(H,70,74)(H,72,95)(H,73,99)(H,75,100)(H,76,102)(H,77,106)(H,78,88)(H,79,101)(H,80,107)(H,81,96)(H,82,97)(H,83,98)(H,84,103)(H,85,104)(H,86,105)(H,89,90)(H,91,92)(H,93,94)(H4,68,69,71)/t35-,36-,37-,39-,40-,41-,42-,43-,44-,45-,46-,51-,52-/m0/s1. The quantitative estimate of drug-likeness (QED) is 0.0164. The van der Waals surface area contributed by atoms with Crippen LogP contribution in [0.1, 0.15) is 153 Å². The highest BCUT2D eigenvalue weighted by Gasteiger charge is 2.38. The van der Waals surface area contributed by atoms with Crippen molar-refractivity contribution >= 4 is 107 Å². The molecule has 1 heterocycles. The van der Waals surface area contributed by atoms with E-state index < -0.39 is 236 Å². The maximum absolute atomic E-state index is 14.1. The Balaban J connectivity index is 3.23. The van der Waals surface area contributed by atoms with Gasteiger partial charge in [0.2, 0.25) is 82.7 Å². The van der Waals surface area contributed by atoms with Crippen LogP contribution in [0.5, 0.6) is 0 Å². The van der Waals surface area contributed by atoms with Crippen molar-refractivity contribution in [2.24, 2.45) is 51.8 Å². The lowest BCUT2D eigenvalue weighted by Crippen LogP contribution is -2.61. The Bertz CT molecular complexity index is 3240. The molecule has 0 aliphatic heterocycles. The summed E-state index contributed by atoms with van der Waals surface area (Å²) >= 11 is 0. The largest absolute Gasteiger partial charge is 0.481 e. The second-order valence-electron chi connectivity index (χ2n) is 27.7. The molecule has 602 valence electrons. The van der Waals surface area contributed by atoms with Crippen molar-refractivity contribution in [3.05, 3.63) is 18.2 Å². The van der Waals surface area contributed by atoms with Crippen LogP contribution in [0.3, 0.4) is 0 Å². The van der Waals surface area contributed by atoms with E-state index in [2.05, 4.69) is 89.4 Å². The molecule has 25 N–H and O–H groups in total. The summed E-state index contributed by atoms with van der Waals surface area (Å²) < 4.78 is 0. The van der Waals surface area contributed by atoms with Gasteiger partial charge in [-0.1, -0.05) is 69.2 Å². The minimum Gasteiger partial charge on any atom is -0.481 e. The smallest absolute Gasteiger partial charge is 0.322 e. The van der Waals surface area contributed by atoms with Gasteiger partial charge < -0.3 is 117 Å². The first-order chi connectivity index (χ1) is 49.9.